The van der Waals surface area contributed by atoms with Crippen molar-refractivity contribution in [1.29, 1.82) is 0 Å². The summed E-state index contributed by atoms with van der Waals surface area (Å²) in [7, 11) is 0. The lowest BCUT2D eigenvalue weighted by molar-refractivity contribution is -0.112. The van der Waals surface area contributed by atoms with Gasteiger partial charge in [0.1, 0.15) is 0 Å². The lowest BCUT2D eigenvalue weighted by Gasteiger charge is -2.32. The number of rotatable bonds is 7. The minimum absolute atomic E-state index is 0.186. The van der Waals surface area contributed by atoms with Crippen molar-refractivity contribution >= 4 is 17.5 Å². The van der Waals surface area contributed by atoms with Crippen LogP contribution in [0.5, 0.6) is 5.75 Å². The number of halogens is 1. The third-order valence-corrected chi connectivity index (χ3v) is 5.77. The van der Waals surface area contributed by atoms with Crippen LogP contribution >= 0.6 is 0 Å². The van der Waals surface area contributed by atoms with Gasteiger partial charge in [-0.2, -0.15) is 0 Å². The van der Waals surface area contributed by atoms with E-state index >= 15 is 0 Å². The quantitative estimate of drug-likeness (QED) is 0.345. The molecule has 0 bridgehead atoms. The van der Waals surface area contributed by atoms with Crippen LogP contribution in [0.4, 0.5) is 10.1 Å². The van der Waals surface area contributed by atoms with Crippen LogP contribution in [0.25, 0.3) is 0 Å². The summed E-state index contributed by atoms with van der Waals surface area (Å²) in [4.78, 5) is 23.8. The van der Waals surface area contributed by atoms with Crippen LogP contribution in [0.3, 0.4) is 0 Å². The molecule has 33 heavy (non-hydrogen) atoms. The molecule has 0 radical (unpaired) electrons. The van der Waals surface area contributed by atoms with Crippen molar-refractivity contribution in [3.8, 4) is 5.75 Å². The van der Waals surface area contributed by atoms with Gasteiger partial charge in [-0.1, -0.05) is 55.4 Å². The number of hydrogen-bond donors (Lipinski definition) is 3. The normalized spacial score (nSPS) is 17.2. The number of benzene rings is 1. The van der Waals surface area contributed by atoms with Crippen LogP contribution < -0.4 is 11.1 Å². The lowest BCUT2D eigenvalue weighted by Crippen LogP contribution is -2.19. The Balaban J connectivity index is 2.08. The van der Waals surface area contributed by atoms with Crippen molar-refractivity contribution in [2.45, 2.75) is 53.9 Å². The highest BCUT2D eigenvalue weighted by Gasteiger charge is 2.26. The molecule has 1 aromatic carbocycles. The molecule has 5 nitrogen and oxygen atoms in total. The fourth-order valence-electron chi connectivity index (χ4n) is 3.94. The third kappa shape index (κ3) is 7.04. The average molecular weight is 453 g/mol. The van der Waals surface area contributed by atoms with Gasteiger partial charge < -0.3 is 16.2 Å². The van der Waals surface area contributed by atoms with E-state index < -0.39 is 29.1 Å². The molecule has 1 aliphatic carbocycles. The number of primary amides is 1. The zero-order valence-corrected chi connectivity index (χ0v) is 20.0. The maximum atomic E-state index is 14.2. The molecule has 4 N–H and O–H groups in total. The lowest BCUT2D eigenvalue weighted by atomic mass is 9.72. The molecule has 2 rings (SSSR count). The van der Waals surface area contributed by atoms with Crippen molar-refractivity contribution in [2.24, 2.45) is 11.1 Å². The van der Waals surface area contributed by atoms with E-state index in [9.17, 15) is 19.1 Å². The molecule has 0 saturated heterocycles. The fraction of sp³-hybridized carbons (Fsp3) is 0.333. The van der Waals surface area contributed by atoms with E-state index in [0.29, 0.717) is 5.57 Å². The molecule has 0 heterocycles. The number of anilines is 1. The molecule has 1 aromatic rings. The zero-order chi connectivity index (χ0) is 24.8. The Kier molecular flexibility index (Phi) is 8.57. The van der Waals surface area contributed by atoms with Gasteiger partial charge in [-0.05, 0) is 68.7 Å². The maximum Gasteiger partial charge on any atom is 0.250 e. The van der Waals surface area contributed by atoms with Gasteiger partial charge in [-0.15, -0.1) is 0 Å². The monoisotopic (exact) mass is 452 g/mol. The summed E-state index contributed by atoms with van der Waals surface area (Å²) in [5.74, 6) is -3.36. The standard InChI is InChI=1S/C27H33FN2O3/c1-17(11-13-21-19(3)10-7-15-27(21,4)5)8-6-9-18(2)16-23(32)30-25-20(26(29)33)12-14-22(31)24(25)28/h6,8-9,11-14,16,31H,7,10,15H2,1-5H3,(H2,29,33)(H,30,32)/b9-6+,13-11+,17-8+,18-16+. The molecule has 2 amide bonds. The summed E-state index contributed by atoms with van der Waals surface area (Å²) < 4.78 is 14.2. The van der Waals surface area contributed by atoms with Gasteiger partial charge in [0.2, 0.25) is 5.91 Å². The Morgan fingerprint density at radius 1 is 1.18 bits per heavy atom. The number of carbonyl (C=O) groups is 2. The van der Waals surface area contributed by atoms with Gasteiger partial charge in [0.05, 0.1) is 11.3 Å². The number of amides is 2. The molecule has 0 spiro atoms. The minimum Gasteiger partial charge on any atom is -0.505 e. The highest BCUT2D eigenvalue weighted by atomic mass is 19.1. The average Bonchev–Trinajstić information content (AvgIpc) is 2.70. The van der Waals surface area contributed by atoms with Crippen LogP contribution in [0.15, 0.2) is 70.9 Å². The molecule has 0 saturated carbocycles. The van der Waals surface area contributed by atoms with Gasteiger partial charge in [-0.3, -0.25) is 9.59 Å². The Labute approximate surface area is 195 Å². The van der Waals surface area contributed by atoms with Crippen molar-refractivity contribution < 1.29 is 19.1 Å². The Morgan fingerprint density at radius 3 is 2.52 bits per heavy atom. The van der Waals surface area contributed by atoms with Gasteiger partial charge >= 0.3 is 0 Å². The van der Waals surface area contributed by atoms with Crippen molar-refractivity contribution in [3.05, 3.63) is 82.3 Å². The van der Waals surface area contributed by atoms with E-state index in [1.807, 2.05) is 19.1 Å². The Hall–Kier alpha value is -3.41. The molecule has 176 valence electrons. The second-order valence-corrected chi connectivity index (χ2v) is 9.10. The summed E-state index contributed by atoms with van der Waals surface area (Å²) in [6, 6.07) is 2.16. The molecule has 0 aliphatic heterocycles. The van der Waals surface area contributed by atoms with Crippen molar-refractivity contribution in [2.75, 3.05) is 5.32 Å². The Bertz CT molecular complexity index is 1090. The molecule has 0 aromatic heterocycles. The predicted molar refractivity (Wildman–Crippen MR) is 131 cm³/mol. The van der Waals surface area contributed by atoms with Crippen molar-refractivity contribution in [3.63, 3.8) is 0 Å². The van der Waals surface area contributed by atoms with Crippen LogP contribution in [-0.2, 0) is 4.79 Å². The van der Waals surface area contributed by atoms with Crippen LogP contribution in [0.2, 0.25) is 0 Å². The number of carbonyl (C=O) groups excluding carboxylic acids is 2. The topological polar surface area (TPSA) is 92.4 Å². The van der Waals surface area contributed by atoms with Crippen LogP contribution in [0, 0.1) is 11.2 Å². The van der Waals surface area contributed by atoms with E-state index in [-0.39, 0.29) is 11.0 Å². The fourth-order valence-corrected chi connectivity index (χ4v) is 3.94. The van der Waals surface area contributed by atoms with E-state index in [0.717, 1.165) is 24.1 Å². The highest BCUT2D eigenvalue weighted by molar-refractivity contribution is 6.06. The number of nitrogens with two attached hydrogens (primary N) is 1. The first kappa shape index (κ1) is 25.8. The van der Waals surface area contributed by atoms with Crippen molar-refractivity contribution in [1.82, 2.24) is 0 Å². The number of allylic oxidation sites excluding steroid dienone is 9. The van der Waals surface area contributed by atoms with Crippen LogP contribution in [-0.4, -0.2) is 16.9 Å². The number of phenols is 1. The first-order valence-electron chi connectivity index (χ1n) is 11.0. The molecule has 0 unspecified atom stereocenters. The number of nitrogens with one attached hydrogen (secondary N) is 1. The molecule has 0 atom stereocenters. The van der Waals surface area contributed by atoms with E-state index in [1.54, 1.807) is 13.0 Å². The molecule has 1 aliphatic rings. The minimum atomic E-state index is -1.11. The van der Waals surface area contributed by atoms with E-state index in [1.165, 1.54) is 30.1 Å². The SMILES string of the molecule is CC1=C(/C=C/C(C)=C/C=C/C(C)=C/C(=O)Nc2c(C(N)=O)ccc(O)c2F)C(C)(C)CCC1. The number of aromatic hydroxyl groups is 1. The van der Waals surface area contributed by atoms with Gasteiger partial charge in [-0.25, -0.2) is 4.39 Å². The molecular weight excluding hydrogens is 419 g/mol. The molecule has 6 heteroatoms. The zero-order valence-electron chi connectivity index (χ0n) is 20.0. The second-order valence-electron chi connectivity index (χ2n) is 9.10. The van der Waals surface area contributed by atoms with E-state index in [2.05, 4.69) is 38.2 Å². The first-order chi connectivity index (χ1) is 15.4. The first-order valence-corrected chi connectivity index (χ1v) is 11.0. The van der Waals surface area contributed by atoms with E-state index in [4.69, 9.17) is 5.73 Å². The number of phenolic OH excluding ortho intramolecular Hbond substituents is 1. The smallest absolute Gasteiger partial charge is 0.250 e. The molecule has 0 fully saturated rings. The highest BCUT2D eigenvalue weighted by Crippen LogP contribution is 2.40. The maximum absolute atomic E-state index is 14.2. The van der Waals surface area contributed by atoms with Gasteiger partial charge in [0.25, 0.3) is 5.91 Å². The van der Waals surface area contributed by atoms with Gasteiger partial charge in [0.15, 0.2) is 11.6 Å². The summed E-state index contributed by atoms with van der Waals surface area (Å²) in [6.45, 7) is 10.5. The van der Waals surface area contributed by atoms with Crippen LogP contribution in [0.1, 0.15) is 64.2 Å². The summed E-state index contributed by atoms with van der Waals surface area (Å²) in [5.41, 5.74) is 9.26. The largest absolute Gasteiger partial charge is 0.505 e. The summed E-state index contributed by atoms with van der Waals surface area (Å²) in [6.07, 6.45) is 14.6. The second kappa shape index (κ2) is 10.9. The predicted octanol–water partition coefficient (Wildman–Crippen LogP) is 6.10. The molecular formula is C27H33FN2O3. The van der Waals surface area contributed by atoms with Gasteiger partial charge in [0, 0.05) is 6.08 Å². The Morgan fingerprint density at radius 2 is 1.88 bits per heavy atom. The summed E-state index contributed by atoms with van der Waals surface area (Å²) in [5, 5.41) is 11.8. The summed E-state index contributed by atoms with van der Waals surface area (Å²) >= 11 is 0. The number of hydrogen-bond acceptors (Lipinski definition) is 3. The third-order valence-electron chi connectivity index (χ3n) is 5.77.